The third-order valence-corrected chi connectivity index (χ3v) is 5.01. The van der Waals surface area contributed by atoms with Crippen molar-refractivity contribution in [1.29, 1.82) is 0 Å². The fraction of sp³-hybridized carbons (Fsp3) is 0.0588. The fourth-order valence-corrected chi connectivity index (χ4v) is 3.59. The van der Waals surface area contributed by atoms with Gasteiger partial charge < -0.3 is 0 Å². The summed E-state index contributed by atoms with van der Waals surface area (Å²) in [6.45, 7) is 0. The molecule has 0 radical (unpaired) electrons. The highest BCUT2D eigenvalue weighted by molar-refractivity contribution is 7.21. The summed E-state index contributed by atoms with van der Waals surface area (Å²) >= 11 is 7.47. The van der Waals surface area contributed by atoms with Crippen molar-refractivity contribution in [2.45, 2.75) is 6.42 Å². The lowest BCUT2D eigenvalue weighted by Crippen LogP contribution is -2.42. The number of thiophene rings is 1. The Morgan fingerprint density at radius 1 is 1.04 bits per heavy atom. The first-order chi connectivity index (χ1) is 11.5. The summed E-state index contributed by atoms with van der Waals surface area (Å²) in [5, 5.41) is 1.16. The number of hydrogen-bond acceptors (Lipinski definition) is 3. The Morgan fingerprint density at radius 3 is 2.46 bits per heavy atom. The van der Waals surface area contributed by atoms with E-state index in [-0.39, 0.29) is 12.2 Å². The molecule has 0 fully saturated rings. The molecule has 1 heterocycles. The van der Waals surface area contributed by atoms with Gasteiger partial charge in [-0.25, -0.2) is 4.39 Å². The Bertz CT molecular complexity index is 909. The summed E-state index contributed by atoms with van der Waals surface area (Å²) in [5.41, 5.74) is 5.32. The minimum absolute atomic E-state index is 0.0285. The van der Waals surface area contributed by atoms with Crippen LogP contribution in [0.1, 0.15) is 15.2 Å². The Hall–Kier alpha value is -2.44. The molecule has 3 aromatic rings. The van der Waals surface area contributed by atoms with Gasteiger partial charge in [0.05, 0.1) is 11.4 Å². The van der Waals surface area contributed by atoms with Gasteiger partial charge in [0.1, 0.15) is 10.7 Å². The molecule has 2 N–H and O–H groups in total. The molecule has 0 saturated carbocycles. The Morgan fingerprint density at radius 2 is 1.75 bits per heavy atom. The zero-order chi connectivity index (χ0) is 17.1. The number of nitrogens with one attached hydrogen (secondary N) is 2. The minimum atomic E-state index is -0.478. The zero-order valence-corrected chi connectivity index (χ0v) is 13.9. The Balaban J connectivity index is 1.63. The Kier molecular flexibility index (Phi) is 4.78. The van der Waals surface area contributed by atoms with Crippen molar-refractivity contribution in [3.8, 4) is 0 Å². The maximum atomic E-state index is 12.8. The van der Waals surface area contributed by atoms with Gasteiger partial charge in [0.15, 0.2) is 0 Å². The van der Waals surface area contributed by atoms with Gasteiger partial charge in [0, 0.05) is 10.1 Å². The summed E-state index contributed by atoms with van der Waals surface area (Å²) in [7, 11) is 0. The summed E-state index contributed by atoms with van der Waals surface area (Å²) < 4.78 is 13.7. The molecule has 0 aliphatic rings. The molecule has 0 spiro atoms. The van der Waals surface area contributed by atoms with Crippen molar-refractivity contribution in [3.63, 3.8) is 0 Å². The van der Waals surface area contributed by atoms with E-state index in [1.54, 1.807) is 0 Å². The molecule has 122 valence electrons. The fourth-order valence-electron chi connectivity index (χ4n) is 2.18. The maximum absolute atomic E-state index is 12.8. The predicted octanol–water partition coefficient (Wildman–Crippen LogP) is 3.70. The van der Waals surface area contributed by atoms with Gasteiger partial charge in [0.25, 0.3) is 5.91 Å². The average molecular weight is 363 g/mol. The second kappa shape index (κ2) is 6.98. The van der Waals surface area contributed by atoms with E-state index in [1.807, 2.05) is 24.3 Å². The number of halogens is 2. The van der Waals surface area contributed by atoms with Crippen molar-refractivity contribution >= 4 is 44.8 Å². The number of rotatable bonds is 3. The van der Waals surface area contributed by atoms with Gasteiger partial charge in [0.2, 0.25) is 5.91 Å². The Labute approximate surface area is 146 Å². The molecule has 0 aliphatic carbocycles. The van der Waals surface area contributed by atoms with E-state index in [4.69, 9.17) is 11.6 Å². The molecule has 0 saturated heterocycles. The van der Waals surface area contributed by atoms with E-state index in [9.17, 15) is 14.0 Å². The predicted molar refractivity (Wildman–Crippen MR) is 92.5 cm³/mol. The van der Waals surface area contributed by atoms with Crippen LogP contribution in [-0.2, 0) is 11.2 Å². The van der Waals surface area contributed by atoms with Crippen LogP contribution < -0.4 is 10.9 Å². The lowest BCUT2D eigenvalue weighted by atomic mass is 10.1. The summed E-state index contributed by atoms with van der Waals surface area (Å²) in [4.78, 5) is 24.4. The molecular weight excluding hydrogens is 351 g/mol. The highest BCUT2D eigenvalue weighted by atomic mass is 35.5. The van der Waals surface area contributed by atoms with Gasteiger partial charge in [-0.3, -0.25) is 20.4 Å². The third-order valence-electron chi connectivity index (χ3n) is 3.33. The summed E-state index contributed by atoms with van der Waals surface area (Å²) in [5.74, 6) is -1.26. The molecule has 3 rings (SSSR count). The van der Waals surface area contributed by atoms with Gasteiger partial charge in [-0.2, -0.15) is 0 Å². The van der Waals surface area contributed by atoms with Crippen molar-refractivity contribution in [2.24, 2.45) is 0 Å². The van der Waals surface area contributed by atoms with Crippen LogP contribution in [0.25, 0.3) is 10.1 Å². The molecular formula is C17H12ClFN2O2S. The minimum Gasteiger partial charge on any atom is -0.273 e. The molecule has 0 aliphatic heterocycles. The number of hydrogen-bond donors (Lipinski definition) is 2. The molecule has 4 nitrogen and oxygen atoms in total. The van der Waals surface area contributed by atoms with Crippen molar-refractivity contribution in [2.75, 3.05) is 0 Å². The van der Waals surface area contributed by atoms with Gasteiger partial charge in [-0.05, 0) is 23.8 Å². The molecule has 2 amide bonds. The molecule has 0 bridgehead atoms. The van der Waals surface area contributed by atoms with Gasteiger partial charge in [-0.15, -0.1) is 11.3 Å². The number of carbonyl (C=O) groups is 2. The highest BCUT2D eigenvalue weighted by Gasteiger charge is 2.17. The van der Waals surface area contributed by atoms with Crippen molar-refractivity contribution in [1.82, 2.24) is 10.9 Å². The SMILES string of the molecule is O=C(Cc1ccc(F)cc1)NNC(=O)c1sc2ccccc2c1Cl. The lowest BCUT2D eigenvalue weighted by molar-refractivity contribution is -0.121. The average Bonchev–Trinajstić information content (AvgIpc) is 2.92. The molecule has 7 heteroatoms. The number of amides is 2. The van der Waals surface area contributed by atoms with Crippen LogP contribution in [0.4, 0.5) is 4.39 Å². The molecule has 1 aromatic heterocycles. The van der Waals surface area contributed by atoms with E-state index in [0.717, 1.165) is 10.1 Å². The first-order valence-electron chi connectivity index (χ1n) is 7.05. The third kappa shape index (κ3) is 3.55. The van der Waals surface area contributed by atoms with Crippen LogP contribution >= 0.6 is 22.9 Å². The van der Waals surface area contributed by atoms with E-state index >= 15 is 0 Å². The maximum Gasteiger partial charge on any atom is 0.281 e. The van der Waals surface area contributed by atoms with Crippen LogP contribution in [0.15, 0.2) is 48.5 Å². The quantitative estimate of drug-likeness (QED) is 0.698. The van der Waals surface area contributed by atoms with Gasteiger partial charge in [-0.1, -0.05) is 41.9 Å². The summed E-state index contributed by atoms with van der Waals surface area (Å²) in [6, 6.07) is 13.0. The van der Waals surface area contributed by atoms with E-state index in [2.05, 4.69) is 10.9 Å². The number of benzene rings is 2. The largest absolute Gasteiger partial charge is 0.281 e. The standard InChI is InChI=1S/C17H12ClFN2O2S/c18-15-12-3-1-2-4-13(12)24-16(15)17(23)21-20-14(22)9-10-5-7-11(19)8-6-10/h1-8H,9H2,(H,20,22)(H,21,23). The molecule has 0 atom stereocenters. The van der Waals surface area contributed by atoms with Crippen molar-refractivity contribution < 1.29 is 14.0 Å². The second-order valence-corrected chi connectivity index (χ2v) is 6.48. The monoisotopic (exact) mass is 362 g/mol. The van der Waals surface area contributed by atoms with Gasteiger partial charge >= 0.3 is 0 Å². The topological polar surface area (TPSA) is 58.2 Å². The van der Waals surface area contributed by atoms with E-state index in [1.165, 1.54) is 35.6 Å². The van der Waals surface area contributed by atoms with E-state index < -0.39 is 11.8 Å². The van der Waals surface area contributed by atoms with E-state index in [0.29, 0.717) is 15.5 Å². The lowest BCUT2D eigenvalue weighted by Gasteiger charge is -2.06. The number of fused-ring (bicyclic) bond motifs is 1. The summed E-state index contributed by atoms with van der Waals surface area (Å²) in [6.07, 6.45) is 0.0285. The number of carbonyl (C=O) groups excluding carboxylic acids is 2. The molecule has 0 unspecified atom stereocenters. The second-order valence-electron chi connectivity index (χ2n) is 5.05. The number of hydrazine groups is 1. The van der Waals surface area contributed by atoms with Crippen LogP contribution in [0.3, 0.4) is 0 Å². The zero-order valence-electron chi connectivity index (χ0n) is 12.3. The first kappa shape index (κ1) is 16.4. The molecule has 2 aromatic carbocycles. The van der Waals surface area contributed by atoms with Crippen molar-refractivity contribution in [3.05, 3.63) is 69.8 Å². The van der Waals surface area contributed by atoms with Crippen LogP contribution in [0.5, 0.6) is 0 Å². The first-order valence-corrected chi connectivity index (χ1v) is 8.24. The smallest absolute Gasteiger partial charge is 0.273 e. The highest BCUT2D eigenvalue weighted by Crippen LogP contribution is 2.34. The van der Waals surface area contributed by atoms with Crippen LogP contribution in [0, 0.1) is 5.82 Å². The van der Waals surface area contributed by atoms with Crippen LogP contribution in [0.2, 0.25) is 5.02 Å². The molecule has 24 heavy (non-hydrogen) atoms. The normalized spacial score (nSPS) is 10.6. The van der Waals surface area contributed by atoms with Crippen LogP contribution in [-0.4, -0.2) is 11.8 Å².